The summed E-state index contributed by atoms with van der Waals surface area (Å²) in [6, 6.07) is 8.93. The van der Waals surface area contributed by atoms with Crippen LogP contribution < -0.4 is 5.32 Å². The highest BCUT2D eigenvalue weighted by atomic mass is 32.2. The molecule has 0 saturated carbocycles. The van der Waals surface area contributed by atoms with Gasteiger partial charge < -0.3 is 14.6 Å². The SMILES string of the molecule is COCCn1c(SC(C)C(=O)Nc2cccc(C#N)c2)nc(C)c1C. The molecule has 2 aromatic rings. The molecule has 1 unspecified atom stereocenters. The zero-order valence-electron chi connectivity index (χ0n) is 14.9. The standard InChI is InChI=1S/C18H22N4O2S/c1-12-13(2)22(8-9-24-4)18(20-12)25-14(3)17(23)21-16-7-5-6-15(10-16)11-19/h5-7,10,14H,8-9H2,1-4H3,(H,21,23). The number of nitriles is 1. The lowest BCUT2D eigenvalue weighted by Gasteiger charge is -2.14. The fourth-order valence-electron chi connectivity index (χ4n) is 2.28. The summed E-state index contributed by atoms with van der Waals surface area (Å²) in [5.74, 6) is -0.128. The van der Waals surface area contributed by atoms with Crippen LogP contribution in [0, 0.1) is 25.2 Å². The number of anilines is 1. The van der Waals surface area contributed by atoms with Crippen LogP contribution in [0.5, 0.6) is 0 Å². The van der Waals surface area contributed by atoms with Crippen LogP contribution in [0.4, 0.5) is 5.69 Å². The van der Waals surface area contributed by atoms with Crippen LogP contribution >= 0.6 is 11.8 Å². The van der Waals surface area contributed by atoms with Gasteiger partial charge in [-0.3, -0.25) is 4.79 Å². The molecule has 6 nitrogen and oxygen atoms in total. The van der Waals surface area contributed by atoms with Gasteiger partial charge in [-0.25, -0.2) is 4.98 Å². The third-order valence-electron chi connectivity index (χ3n) is 3.85. The highest BCUT2D eigenvalue weighted by molar-refractivity contribution is 8.00. The maximum atomic E-state index is 12.5. The first-order valence-electron chi connectivity index (χ1n) is 7.96. The van der Waals surface area contributed by atoms with Crippen molar-refractivity contribution in [1.29, 1.82) is 5.26 Å². The fourth-order valence-corrected chi connectivity index (χ4v) is 3.31. The minimum absolute atomic E-state index is 0.128. The highest BCUT2D eigenvalue weighted by Crippen LogP contribution is 2.26. The lowest BCUT2D eigenvalue weighted by Crippen LogP contribution is -2.23. The van der Waals surface area contributed by atoms with E-state index in [4.69, 9.17) is 10.00 Å². The van der Waals surface area contributed by atoms with Crippen LogP contribution in [-0.2, 0) is 16.1 Å². The molecule has 0 bridgehead atoms. The van der Waals surface area contributed by atoms with Crippen molar-refractivity contribution in [2.75, 3.05) is 19.0 Å². The Hall–Kier alpha value is -2.30. The van der Waals surface area contributed by atoms with Crippen molar-refractivity contribution >= 4 is 23.4 Å². The smallest absolute Gasteiger partial charge is 0.237 e. The first kappa shape index (κ1) is 19.0. The monoisotopic (exact) mass is 358 g/mol. The van der Waals surface area contributed by atoms with Crippen LogP contribution in [0.2, 0.25) is 0 Å². The number of thioether (sulfide) groups is 1. The Morgan fingerprint density at radius 1 is 1.48 bits per heavy atom. The normalized spacial score (nSPS) is 11.8. The molecule has 1 aromatic carbocycles. The molecule has 1 N–H and O–H groups in total. The van der Waals surface area contributed by atoms with Gasteiger partial charge in [-0.1, -0.05) is 17.8 Å². The summed E-state index contributed by atoms with van der Waals surface area (Å²) in [6.45, 7) is 7.10. The molecule has 1 amide bonds. The van der Waals surface area contributed by atoms with Gasteiger partial charge in [0, 0.05) is 25.0 Å². The number of rotatable bonds is 7. The average Bonchev–Trinajstić information content (AvgIpc) is 2.86. The number of methoxy groups -OCH3 is 1. The number of imidazole rings is 1. The molecule has 0 spiro atoms. The number of amides is 1. The Labute approximate surface area is 152 Å². The molecule has 2 rings (SSSR count). The van der Waals surface area contributed by atoms with Gasteiger partial charge in [0.25, 0.3) is 0 Å². The Balaban J connectivity index is 2.08. The van der Waals surface area contributed by atoms with E-state index in [1.54, 1.807) is 31.4 Å². The molecule has 0 aliphatic carbocycles. The van der Waals surface area contributed by atoms with Gasteiger partial charge in [0.15, 0.2) is 5.16 Å². The van der Waals surface area contributed by atoms with E-state index >= 15 is 0 Å². The molecule has 0 radical (unpaired) electrons. The van der Waals surface area contributed by atoms with E-state index in [1.165, 1.54) is 11.8 Å². The Morgan fingerprint density at radius 2 is 2.24 bits per heavy atom. The van der Waals surface area contributed by atoms with E-state index < -0.39 is 0 Å². The van der Waals surface area contributed by atoms with E-state index in [2.05, 4.69) is 20.9 Å². The number of nitrogens with one attached hydrogen (secondary N) is 1. The first-order chi connectivity index (χ1) is 12.0. The van der Waals surface area contributed by atoms with E-state index in [0.29, 0.717) is 24.4 Å². The molecule has 0 fully saturated rings. The third kappa shape index (κ3) is 4.84. The van der Waals surface area contributed by atoms with Crippen LogP contribution in [0.15, 0.2) is 29.4 Å². The Kier molecular flexibility index (Phi) is 6.62. The third-order valence-corrected chi connectivity index (χ3v) is 4.94. The number of benzene rings is 1. The summed E-state index contributed by atoms with van der Waals surface area (Å²) in [6.07, 6.45) is 0. The zero-order valence-corrected chi connectivity index (χ0v) is 15.7. The van der Waals surface area contributed by atoms with E-state index in [0.717, 1.165) is 16.5 Å². The van der Waals surface area contributed by atoms with Gasteiger partial charge in [-0.15, -0.1) is 0 Å². The van der Waals surface area contributed by atoms with E-state index in [-0.39, 0.29) is 11.2 Å². The summed E-state index contributed by atoms with van der Waals surface area (Å²) < 4.78 is 7.23. The second kappa shape index (κ2) is 8.70. The Bertz CT molecular complexity index is 795. The lowest BCUT2D eigenvalue weighted by atomic mass is 10.2. The Morgan fingerprint density at radius 3 is 2.92 bits per heavy atom. The summed E-state index contributed by atoms with van der Waals surface area (Å²) in [5.41, 5.74) is 3.16. The van der Waals surface area contributed by atoms with Gasteiger partial charge >= 0.3 is 0 Å². The minimum atomic E-state index is -0.326. The second-order valence-electron chi connectivity index (χ2n) is 5.65. The van der Waals surface area contributed by atoms with Crippen LogP contribution in [0.1, 0.15) is 23.9 Å². The molecule has 0 aliphatic rings. The van der Waals surface area contributed by atoms with Crippen molar-refractivity contribution in [3.05, 3.63) is 41.2 Å². The van der Waals surface area contributed by atoms with Gasteiger partial charge in [0.2, 0.25) is 5.91 Å². The highest BCUT2D eigenvalue weighted by Gasteiger charge is 2.20. The molecular weight excluding hydrogens is 336 g/mol. The largest absolute Gasteiger partial charge is 0.383 e. The summed E-state index contributed by atoms with van der Waals surface area (Å²) in [4.78, 5) is 17.0. The number of hydrogen-bond acceptors (Lipinski definition) is 5. The molecular formula is C18H22N4O2S. The zero-order chi connectivity index (χ0) is 18.4. The predicted molar refractivity (Wildman–Crippen MR) is 98.7 cm³/mol. The van der Waals surface area contributed by atoms with Gasteiger partial charge in [-0.2, -0.15) is 5.26 Å². The van der Waals surface area contributed by atoms with Crippen molar-refractivity contribution < 1.29 is 9.53 Å². The minimum Gasteiger partial charge on any atom is -0.383 e. The maximum Gasteiger partial charge on any atom is 0.237 e. The van der Waals surface area contributed by atoms with Gasteiger partial charge in [0.1, 0.15) is 0 Å². The number of aromatic nitrogens is 2. The molecule has 1 heterocycles. The fraction of sp³-hybridized carbons (Fsp3) is 0.389. The number of hydrogen-bond donors (Lipinski definition) is 1. The van der Waals surface area contributed by atoms with Crippen molar-refractivity contribution in [2.24, 2.45) is 0 Å². The van der Waals surface area contributed by atoms with Crippen LogP contribution in [-0.4, -0.2) is 34.4 Å². The van der Waals surface area contributed by atoms with E-state index in [9.17, 15) is 4.79 Å². The first-order valence-corrected chi connectivity index (χ1v) is 8.84. The molecule has 132 valence electrons. The molecule has 25 heavy (non-hydrogen) atoms. The number of carbonyl (C=O) groups is 1. The van der Waals surface area contributed by atoms with Crippen LogP contribution in [0.3, 0.4) is 0 Å². The number of carbonyl (C=O) groups excluding carboxylic acids is 1. The number of aryl methyl sites for hydroxylation is 1. The molecule has 7 heteroatoms. The van der Waals surface area contributed by atoms with Gasteiger partial charge in [0.05, 0.1) is 29.2 Å². The van der Waals surface area contributed by atoms with Crippen LogP contribution in [0.25, 0.3) is 0 Å². The molecule has 0 saturated heterocycles. The van der Waals surface area contributed by atoms with Crippen molar-refractivity contribution in [1.82, 2.24) is 9.55 Å². The van der Waals surface area contributed by atoms with Gasteiger partial charge in [-0.05, 0) is 39.0 Å². The summed E-state index contributed by atoms with van der Waals surface area (Å²) >= 11 is 1.41. The quantitative estimate of drug-likeness (QED) is 0.769. The summed E-state index contributed by atoms with van der Waals surface area (Å²) in [7, 11) is 1.66. The topological polar surface area (TPSA) is 79.9 Å². The maximum absolute atomic E-state index is 12.5. The van der Waals surface area contributed by atoms with Crippen molar-refractivity contribution in [3.8, 4) is 6.07 Å². The molecule has 1 atom stereocenters. The van der Waals surface area contributed by atoms with E-state index in [1.807, 2.05) is 20.8 Å². The summed E-state index contributed by atoms with van der Waals surface area (Å²) in [5, 5.41) is 12.3. The predicted octanol–water partition coefficient (Wildman–Crippen LogP) is 3.14. The van der Waals surface area contributed by atoms with Crippen molar-refractivity contribution in [2.45, 2.75) is 37.7 Å². The molecule has 0 aliphatic heterocycles. The second-order valence-corrected chi connectivity index (χ2v) is 6.96. The lowest BCUT2D eigenvalue weighted by molar-refractivity contribution is -0.115. The number of nitrogens with zero attached hydrogens (tertiary/aromatic N) is 3. The van der Waals surface area contributed by atoms with Crippen molar-refractivity contribution in [3.63, 3.8) is 0 Å². The average molecular weight is 358 g/mol. The molecule has 1 aromatic heterocycles. The number of ether oxygens (including phenoxy) is 1.